The van der Waals surface area contributed by atoms with Gasteiger partial charge < -0.3 is 30.0 Å². The van der Waals surface area contributed by atoms with Crippen molar-refractivity contribution in [1.29, 1.82) is 0 Å². The Labute approximate surface area is 238 Å². The Morgan fingerprint density at radius 2 is 2.10 bits per heavy atom. The lowest BCUT2D eigenvalue weighted by Gasteiger charge is -2.26. The zero-order valence-electron chi connectivity index (χ0n) is 21.8. The van der Waals surface area contributed by atoms with Crippen molar-refractivity contribution in [3.8, 4) is 0 Å². The lowest BCUT2D eigenvalue weighted by Crippen LogP contribution is -2.35. The van der Waals surface area contributed by atoms with Crippen molar-refractivity contribution in [3.05, 3.63) is 23.0 Å². The molecule has 0 amide bonds. The van der Waals surface area contributed by atoms with E-state index in [4.69, 9.17) is 30.0 Å². The molecule has 0 radical (unpaired) electrons. The van der Waals surface area contributed by atoms with Crippen LogP contribution in [0.3, 0.4) is 0 Å². The maximum Gasteiger partial charge on any atom is 0.280 e. The number of rotatable bonds is 13. The van der Waals surface area contributed by atoms with Gasteiger partial charge in [0.15, 0.2) is 53.0 Å². The van der Waals surface area contributed by atoms with E-state index >= 15 is 8.78 Å². The molecule has 18 nitrogen and oxygen atoms in total. The number of imidazole rings is 1. The largest absolute Gasteiger partial charge is 0.382 e. The molecule has 0 aliphatic carbocycles. The van der Waals surface area contributed by atoms with Gasteiger partial charge in [0.1, 0.15) is 6.33 Å². The summed E-state index contributed by atoms with van der Waals surface area (Å²) in [5.41, 5.74) is 10.9. The highest BCUT2D eigenvalue weighted by atomic mass is 31.1. The summed E-state index contributed by atoms with van der Waals surface area (Å²) in [6.07, 6.45) is -5.89. The molecule has 1 fully saturated rings. The number of aromatic nitrogens is 9. The fourth-order valence-electron chi connectivity index (χ4n) is 4.66. The van der Waals surface area contributed by atoms with Gasteiger partial charge in [-0.25, -0.2) is 33.9 Å². The number of hydrogen-bond acceptors (Lipinski definition) is 15. The van der Waals surface area contributed by atoms with Gasteiger partial charge in [0.05, 0.1) is 19.0 Å². The zero-order valence-corrected chi connectivity index (χ0v) is 23.9. The number of nitrogens with one attached hydrogen (secondary N) is 1. The molecule has 1 saturated heterocycles. The van der Waals surface area contributed by atoms with Crippen LogP contribution in [0.1, 0.15) is 18.9 Å². The molecule has 3 unspecified atom stereocenters. The first-order valence-corrected chi connectivity index (χ1v) is 13.9. The normalized spacial score (nSPS) is 23.4. The standard InChI is InChI=1S/C20H27F2N11O7P2/c1-36-19(10(22)17(39-35)32-6-27-12-15(32)28-20(24)29-16(12)34)40-42-3-2-7-8(4-37-41)38-18(9(7)21)33-14-11(30-31-33)13(23)25-5-26-14/h5-10,17-19,35,42H,2-4,41H2,1H3,(H2,23,25,26)(H3,24,28,29,34)/t7-,8-,9+,10+,17-,18-,19?/m1/s1. The number of nitrogens with zero attached hydrogens (tertiary/aromatic N) is 8. The van der Waals surface area contributed by atoms with Gasteiger partial charge in [-0.05, 0) is 12.6 Å². The molecule has 228 valence electrons. The van der Waals surface area contributed by atoms with Gasteiger partial charge in [-0.1, -0.05) is 5.21 Å². The maximum atomic E-state index is 15.7. The van der Waals surface area contributed by atoms with E-state index in [-0.39, 0.29) is 55.9 Å². The molecule has 4 aromatic heterocycles. The van der Waals surface area contributed by atoms with Crippen molar-refractivity contribution >= 4 is 52.4 Å². The lowest BCUT2D eigenvalue weighted by molar-refractivity contribution is -0.327. The van der Waals surface area contributed by atoms with Crippen LogP contribution in [0.5, 0.6) is 0 Å². The van der Waals surface area contributed by atoms with Gasteiger partial charge >= 0.3 is 0 Å². The number of nitrogens with two attached hydrogens (primary N) is 2. The minimum absolute atomic E-state index is 0.0724. The van der Waals surface area contributed by atoms with Crippen LogP contribution in [-0.4, -0.2) is 94.4 Å². The van der Waals surface area contributed by atoms with Gasteiger partial charge in [-0.2, -0.15) is 9.67 Å². The molecule has 0 saturated carbocycles. The third-order valence-corrected chi connectivity index (χ3v) is 7.73. The van der Waals surface area contributed by atoms with Gasteiger partial charge in [-0.15, -0.1) is 5.10 Å². The summed E-state index contributed by atoms with van der Waals surface area (Å²) < 4.78 is 55.2. The van der Waals surface area contributed by atoms with E-state index in [1.165, 1.54) is 18.1 Å². The molecule has 1 aliphatic rings. The summed E-state index contributed by atoms with van der Waals surface area (Å²) in [4.78, 5) is 34.4. The SMILES string of the molecule is COC(OPCC[C@H]1[C@H](F)[C@H](n2nnc3c(N)ncnc32)O[C@@H]1COP)[C@@H](F)[C@@H](OO)n1cnc2c(=O)[nH]c(N)nc21. The Morgan fingerprint density at radius 1 is 1.29 bits per heavy atom. The molecule has 1 aliphatic heterocycles. The highest BCUT2D eigenvalue weighted by Crippen LogP contribution is 2.41. The molecule has 5 heterocycles. The first-order valence-electron chi connectivity index (χ1n) is 12.3. The minimum atomic E-state index is -2.12. The number of nitrogen functional groups attached to an aromatic ring is 2. The van der Waals surface area contributed by atoms with Crippen molar-refractivity contribution in [1.82, 2.24) is 44.5 Å². The zero-order chi connectivity index (χ0) is 30.0. The van der Waals surface area contributed by atoms with E-state index in [1.807, 2.05) is 0 Å². The molecule has 9 atom stereocenters. The molecule has 0 bridgehead atoms. The second kappa shape index (κ2) is 13.0. The summed E-state index contributed by atoms with van der Waals surface area (Å²) in [7, 11) is 2.94. The van der Waals surface area contributed by atoms with Crippen LogP contribution >= 0.6 is 18.3 Å². The molecular weight excluding hydrogens is 606 g/mol. The van der Waals surface area contributed by atoms with Crippen LogP contribution in [0, 0.1) is 5.92 Å². The number of hydrogen-bond donors (Lipinski definition) is 4. The number of H-pyrrole nitrogens is 1. The molecular formula is C20H27F2N11O7P2. The van der Waals surface area contributed by atoms with Gasteiger partial charge in [-0.3, -0.25) is 14.3 Å². The summed E-state index contributed by atoms with van der Waals surface area (Å²) >= 11 is 0. The van der Waals surface area contributed by atoms with Crippen LogP contribution in [0.2, 0.25) is 0 Å². The number of halogens is 2. The van der Waals surface area contributed by atoms with Gasteiger partial charge in [0.2, 0.25) is 12.2 Å². The average Bonchev–Trinajstić information content (AvgIpc) is 3.66. The Bertz CT molecular complexity index is 1580. The Kier molecular flexibility index (Phi) is 9.44. The van der Waals surface area contributed by atoms with Crippen molar-refractivity contribution in [3.63, 3.8) is 0 Å². The van der Waals surface area contributed by atoms with Gasteiger partial charge in [0.25, 0.3) is 5.56 Å². The number of alkyl halides is 2. The first kappa shape index (κ1) is 30.4. The fourth-order valence-corrected chi connectivity index (χ4v) is 5.80. The van der Waals surface area contributed by atoms with Crippen molar-refractivity contribution in [2.75, 3.05) is 31.3 Å². The highest BCUT2D eigenvalue weighted by molar-refractivity contribution is 7.32. The monoisotopic (exact) mass is 633 g/mol. The van der Waals surface area contributed by atoms with E-state index < -0.39 is 48.7 Å². The highest BCUT2D eigenvalue weighted by Gasteiger charge is 2.47. The summed E-state index contributed by atoms with van der Waals surface area (Å²) in [5.74, 6) is -0.790. The second-order valence-electron chi connectivity index (χ2n) is 9.09. The molecule has 42 heavy (non-hydrogen) atoms. The first-order chi connectivity index (χ1) is 20.3. The fraction of sp³-hybridized carbons (Fsp3) is 0.550. The third kappa shape index (κ3) is 5.76. The summed E-state index contributed by atoms with van der Waals surface area (Å²) in [5, 5.41) is 17.4. The lowest BCUT2D eigenvalue weighted by atomic mass is 9.96. The minimum Gasteiger partial charge on any atom is -0.382 e. The van der Waals surface area contributed by atoms with E-state index in [1.54, 1.807) is 0 Å². The Balaban J connectivity index is 1.23. The number of aromatic amines is 1. The third-order valence-electron chi connectivity index (χ3n) is 6.64. The number of anilines is 2. The Morgan fingerprint density at radius 3 is 2.83 bits per heavy atom. The second-order valence-corrected chi connectivity index (χ2v) is 10.5. The van der Waals surface area contributed by atoms with Crippen LogP contribution in [-0.2, 0) is 23.4 Å². The molecule has 4 aromatic rings. The van der Waals surface area contributed by atoms with Crippen molar-refractivity contribution in [2.24, 2.45) is 5.92 Å². The average molecular weight is 633 g/mol. The van der Waals surface area contributed by atoms with Crippen molar-refractivity contribution < 1.29 is 37.4 Å². The summed E-state index contributed by atoms with van der Waals surface area (Å²) in [6.45, 7) is 0.0724. The van der Waals surface area contributed by atoms with E-state index in [0.717, 1.165) is 10.9 Å². The molecule has 6 N–H and O–H groups in total. The van der Waals surface area contributed by atoms with Crippen LogP contribution in [0.15, 0.2) is 17.4 Å². The van der Waals surface area contributed by atoms with E-state index in [2.05, 4.69) is 49.6 Å². The molecule has 0 aromatic carbocycles. The molecule has 22 heteroatoms. The van der Waals surface area contributed by atoms with Crippen LogP contribution in [0.4, 0.5) is 20.5 Å². The number of methoxy groups -OCH3 is 1. The smallest absolute Gasteiger partial charge is 0.280 e. The predicted octanol–water partition coefficient (Wildman–Crippen LogP) is 0.476. The maximum absolute atomic E-state index is 15.7. The summed E-state index contributed by atoms with van der Waals surface area (Å²) in [6, 6.07) is 0. The van der Waals surface area contributed by atoms with Crippen LogP contribution < -0.4 is 17.0 Å². The quantitative estimate of drug-likeness (QED) is 0.0515. The number of ether oxygens (including phenoxy) is 2. The topological polar surface area (TPSA) is 238 Å². The Hall–Kier alpha value is -3.09. The predicted molar refractivity (Wildman–Crippen MR) is 145 cm³/mol. The molecule has 0 spiro atoms. The van der Waals surface area contributed by atoms with E-state index in [9.17, 15) is 10.1 Å². The molecule has 5 rings (SSSR count). The van der Waals surface area contributed by atoms with Crippen molar-refractivity contribution in [2.45, 2.75) is 43.6 Å². The van der Waals surface area contributed by atoms with Crippen LogP contribution in [0.25, 0.3) is 22.3 Å². The van der Waals surface area contributed by atoms with Gasteiger partial charge in [0, 0.05) is 31.3 Å². The number of fused-ring (bicyclic) bond motifs is 2. The van der Waals surface area contributed by atoms with E-state index in [0.29, 0.717) is 6.16 Å².